The normalized spacial score (nSPS) is 16.4. The van der Waals surface area contributed by atoms with Crippen LogP contribution in [-0.2, 0) is 12.8 Å². The molecule has 1 aliphatic rings. The van der Waals surface area contributed by atoms with Gasteiger partial charge in [0.25, 0.3) is 0 Å². The van der Waals surface area contributed by atoms with Gasteiger partial charge in [-0.15, -0.1) is 6.58 Å². The number of benzene rings is 1. The van der Waals surface area contributed by atoms with Crippen molar-refractivity contribution in [1.82, 2.24) is 0 Å². The topological polar surface area (TPSA) is 26.0 Å². The van der Waals surface area contributed by atoms with Crippen LogP contribution in [0.3, 0.4) is 0 Å². The molecule has 0 spiro atoms. The van der Waals surface area contributed by atoms with Crippen LogP contribution in [0.4, 0.5) is 0 Å². The first-order valence-electron chi connectivity index (χ1n) is 4.92. The smallest absolute Gasteiger partial charge is 0.0481 e. The number of halogens is 1. The zero-order chi connectivity index (χ0) is 10.1. The maximum absolute atomic E-state index is 5.98. The van der Waals surface area contributed by atoms with Crippen molar-refractivity contribution in [3.05, 3.63) is 46.0 Å². The lowest BCUT2D eigenvalue weighted by Gasteiger charge is -2.13. The Morgan fingerprint density at radius 1 is 1.36 bits per heavy atom. The maximum atomic E-state index is 5.98. The second-order valence-electron chi connectivity index (χ2n) is 3.71. The molecule has 1 aromatic carbocycles. The van der Waals surface area contributed by atoms with Gasteiger partial charge in [0.2, 0.25) is 0 Å². The maximum Gasteiger partial charge on any atom is 0.0481 e. The number of fused-ring (bicyclic) bond motifs is 1. The molecule has 1 aromatic rings. The first kappa shape index (κ1) is 9.94. The van der Waals surface area contributed by atoms with Crippen LogP contribution < -0.4 is 5.73 Å². The van der Waals surface area contributed by atoms with Gasteiger partial charge in [-0.25, -0.2) is 0 Å². The van der Waals surface area contributed by atoms with Gasteiger partial charge in [0.15, 0.2) is 0 Å². The zero-order valence-corrected chi connectivity index (χ0v) is 9.68. The molecule has 2 heteroatoms. The molecule has 1 unspecified atom stereocenters. The highest BCUT2D eigenvalue weighted by Gasteiger charge is 2.19. The van der Waals surface area contributed by atoms with Crippen molar-refractivity contribution >= 4 is 15.9 Å². The number of rotatable bonds is 2. The molecule has 0 amide bonds. The van der Waals surface area contributed by atoms with Crippen LogP contribution in [0.15, 0.2) is 29.3 Å². The Bertz CT molecular complexity index is 371. The van der Waals surface area contributed by atoms with Crippen LogP contribution in [0.5, 0.6) is 0 Å². The van der Waals surface area contributed by atoms with E-state index in [1.54, 1.807) is 0 Å². The van der Waals surface area contributed by atoms with Gasteiger partial charge in [0, 0.05) is 10.5 Å². The first-order valence-corrected chi connectivity index (χ1v) is 5.71. The van der Waals surface area contributed by atoms with Crippen molar-refractivity contribution in [2.45, 2.75) is 25.3 Å². The summed E-state index contributed by atoms with van der Waals surface area (Å²) in [4.78, 5) is 0. The molecule has 74 valence electrons. The molecule has 14 heavy (non-hydrogen) atoms. The molecule has 2 N–H and O–H groups in total. The molecular weight excluding hydrogens is 238 g/mol. The molecule has 0 saturated heterocycles. The van der Waals surface area contributed by atoms with E-state index in [2.05, 4.69) is 34.6 Å². The second kappa shape index (κ2) is 3.87. The molecule has 0 heterocycles. The summed E-state index contributed by atoms with van der Waals surface area (Å²) in [7, 11) is 0. The molecule has 1 aliphatic carbocycles. The van der Waals surface area contributed by atoms with E-state index in [4.69, 9.17) is 5.73 Å². The Kier molecular flexibility index (Phi) is 2.75. The lowest BCUT2D eigenvalue weighted by atomic mass is 9.98. The van der Waals surface area contributed by atoms with Crippen molar-refractivity contribution in [2.24, 2.45) is 5.73 Å². The van der Waals surface area contributed by atoms with E-state index in [9.17, 15) is 0 Å². The van der Waals surface area contributed by atoms with Crippen LogP contribution >= 0.6 is 15.9 Å². The molecule has 0 fully saturated rings. The molecule has 0 saturated carbocycles. The van der Waals surface area contributed by atoms with Crippen molar-refractivity contribution in [3.8, 4) is 0 Å². The molecular formula is C12H14BrN. The summed E-state index contributed by atoms with van der Waals surface area (Å²) in [6, 6.07) is 4.19. The van der Waals surface area contributed by atoms with E-state index in [1.807, 2.05) is 6.08 Å². The number of nitrogens with two attached hydrogens (primary N) is 1. The molecule has 1 nitrogen and oxygen atoms in total. The lowest BCUT2D eigenvalue weighted by Crippen LogP contribution is -2.09. The lowest BCUT2D eigenvalue weighted by molar-refractivity contribution is 0.870. The largest absolute Gasteiger partial charge is 0.321 e. The van der Waals surface area contributed by atoms with Gasteiger partial charge in [-0.05, 0) is 42.0 Å². The molecule has 1 atom stereocenters. The quantitative estimate of drug-likeness (QED) is 0.804. The van der Waals surface area contributed by atoms with E-state index in [0.29, 0.717) is 0 Å². The molecule has 0 aromatic heterocycles. The second-order valence-corrected chi connectivity index (χ2v) is 4.56. The molecule has 2 rings (SSSR count). The monoisotopic (exact) mass is 251 g/mol. The van der Waals surface area contributed by atoms with Gasteiger partial charge in [-0.2, -0.15) is 0 Å². The fraction of sp³-hybridized carbons (Fsp3) is 0.333. The van der Waals surface area contributed by atoms with Crippen molar-refractivity contribution in [1.29, 1.82) is 0 Å². The fourth-order valence-corrected chi connectivity index (χ4v) is 2.70. The van der Waals surface area contributed by atoms with Gasteiger partial charge in [-0.1, -0.05) is 28.1 Å². The van der Waals surface area contributed by atoms with Gasteiger partial charge in [0.05, 0.1) is 0 Å². The summed E-state index contributed by atoms with van der Waals surface area (Å²) in [5.41, 5.74) is 10.1. The van der Waals surface area contributed by atoms with Gasteiger partial charge >= 0.3 is 0 Å². The average Bonchev–Trinajstić information content (AvgIpc) is 2.67. The summed E-state index contributed by atoms with van der Waals surface area (Å²) in [5, 5.41) is 0. The Labute approximate surface area is 93.1 Å². The van der Waals surface area contributed by atoms with Crippen LogP contribution in [0.25, 0.3) is 0 Å². The summed E-state index contributed by atoms with van der Waals surface area (Å²) >= 11 is 3.59. The van der Waals surface area contributed by atoms with Crippen molar-refractivity contribution < 1.29 is 0 Å². The molecule has 0 bridgehead atoms. The summed E-state index contributed by atoms with van der Waals surface area (Å²) < 4.78 is 1.23. The number of hydrogen-bond donors (Lipinski definition) is 1. The van der Waals surface area contributed by atoms with Gasteiger partial charge in [-0.3, -0.25) is 0 Å². The Morgan fingerprint density at radius 2 is 2.07 bits per heavy atom. The van der Waals surface area contributed by atoms with Gasteiger partial charge in [0.1, 0.15) is 0 Å². The summed E-state index contributed by atoms with van der Waals surface area (Å²) in [6.45, 7) is 3.75. The SMILES string of the molecule is C=CC(N)c1ccc(Br)c2c1CCC2. The Morgan fingerprint density at radius 3 is 2.79 bits per heavy atom. The van der Waals surface area contributed by atoms with Gasteiger partial charge < -0.3 is 5.73 Å². The van der Waals surface area contributed by atoms with Crippen LogP contribution in [0.1, 0.15) is 29.2 Å². The molecule has 0 aliphatic heterocycles. The predicted molar refractivity (Wildman–Crippen MR) is 63.3 cm³/mol. The fourth-order valence-electron chi connectivity index (χ4n) is 2.13. The predicted octanol–water partition coefficient (Wildman–Crippen LogP) is 3.12. The molecule has 0 radical (unpaired) electrons. The van der Waals surface area contributed by atoms with Crippen LogP contribution in [0.2, 0.25) is 0 Å². The average molecular weight is 252 g/mol. The third kappa shape index (κ3) is 1.53. The van der Waals surface area contributed by atoms with Crippen molar-refractivity contribution in [3.63, 3.8) is 0 Å². The summed E-state index contributed by atoms with van der Waals surface area (Å²) in [5.74, 6) is 0. The third-order valence-electron chi connectivity index (χ3n) is 2.88. The summed E-state index contributed by atoms with van der Waals surface area (Å²) in [6.07, 6.45) is 5.38. The van der Waals surface area contributed by atoms with E-state index in [-0.39, 0.29) is 6.04 Å². The first-order chi connectivity index (χ1) is 6.74. The van der Waals surface area contributed by atoms with E-state index < -0.39 is 0 Å². The number of hydrogen-bond acceptors (Lipinski definition) is 1. The highest BCUT2D eigenvalue weighted by atomic mass is 79.9. The minimum Gasteiger partial charge on any atom is -0.321 e. The van der Waals surface area contributed by atoms with Crippen LogP contribution in [-0.4, -0.2) is 0 Å². The third-order valence-corrected chi connectivity index (χ3v) is 3.62. The highest BCUT2D eigenvalue weighted by molar-refractivity contribution is 9.10. The highest BCUT2D eigenvalue weighted by Crippen LogP contribution is 2.33. The minimum absolute atomic E-state index is 0.0186. The van der Waals surface area contributed by atoms with E-state index in [1.165, 1.54) is 34.0 Å². The van der Waals surface area contributed by atoms with E-state index >= 15 is 0 Å². The van der Waals surface area contributed by atoms with Crippen molar-refractivity contribution in [2.75, 3.05) is 0 Å². The van der Waals surface area contributed by atoms with E-state index in [0.717, 1.165) is 6.42 Å². The zero-order valence-electron chi connectivity index (χ0n) is 8.09. The minimum atomic E-state index is -0.0186. The standard InChI is InChI=1S/C12H14BrN/c1-2-12(14)10-6-7-11(13)9-5-3-4-8(9)10/h2,6-7,12H,1,3-5,14H2. The Balaban J connectivity index is 2.53. The Hall–Kier alpha value is -0.600. The van der Waals surface area contributed by atoms with Crippen LogP contribution in [0, 0.1) is 0 Å².